The molecule has 3 N–H and O–H groups in total. The van der Waals surface area contributed by atoms with Crippen molar-refractivity contribution < 1.29 is 14.3 Å². The van der Waals surface area contributed by atoms with Crippen LogP contribution in [0.2, 0.25) is 0 Å². The molecule has 0 fully saturated rings. The van der Waals surface area contributed by atoms with Crippen LogP contribution in [0.5, 0.6) is 5.75 Å². The summed E-state index contributed by atoms with van der Waals surface area (Å²) >= 11 is 0. The van der Waals surface area contributed by atoms with Crippen LogP contribution >= 0.6 is 0 Å². The van der Waals surface area contributed by atoms with Gasteiger partial charge in [0.1, 0.15) is 5.75 Å². The fourth-order valence-electron chi connectivity index (χ4n) is 1.65. The van der Waals surface area contributed by atoms with E-state index < -0.39 is 5.91 Å². The van der Waals surface area contributed by atoms with Gasteiger partial charge < -0.3 is 20.4 Å². The van der Waals surface area contributed by atoms with Crippen molar-refractivity contribution in [2.24, 2.45) is 5.73 Å². The van der Waals surface area contributed by atoms with E-state index in [-0.39, 0.29) is 25.5 Å². The lowest BCUT2D eigenvalue weighted by Gasteiger charge is -2.08. The van der Waals surface area contributed by atoms with E-state index in [0.717, 1.165) is 5.69 Å². The first-order valence-corrected chi connectivity index (χ1v) is 6.41. The molecule has 1 aromatic heterocycles. The molecule has 7 heteroatoms. The molecule has 110 valence electrons. The van der Waals surface area contributed by atoms with Crippen molar-refractivity contribution in [3.05, 3.63) is 43.0 Å². The van der Waals surface area contributed by atoms with Gasteiger partial charge in [-0.1, -0.05) is 0 Å². The molecule has 2 rings (SSSR count). The van der Waals surface area contributed by atoms with Crippen LogP contribution < -0.4 is 15.8 Å². The minimum atomic E-state index is -0.452. The van der Waals surface area contributed by atoms with E-state index in [1.807, 2.05) is 22.9 Å². The molecule has 0 aliphatic heterocycles. The zero-order valence-electron chi connectivity index (χ0n) is 11.4. The molecule has 1 aromatic carbocycles. The maximum absolute atomic E-state index is 11.5. The van der Waals surface area contributed by atoms with Crippen LogP contribution in [0.3, 0.4) is 0 Å². The van der Waals surface area contributed by atoms with Gasteiger partial charge in [0.15, 0.2) is 6.61 Å². The Balaban J connectivity index is 1.78. The highest BCUT2D eigenvalue weighted by molar-refractivity contribution is 5.79. The maximum Gasteiger partial charge on any atom is 0.257 e. The van der Waals surface area contributed by atoms with Crippen LogP contribution in [0.1, 0.15) is 6.42 Å². The lowest BCUT2D eigenvalue weighted by Crippen LogP contribution is -2.31. The van der Waals surface area contributed by atoms with E-state index in [4.69, 9.17) is 10.5 Å². The zero-order chi connectivity index (χ0) is 15.1. The van der Waals surface area contributed by atoms with E-state index in [9.17, 15) is 9.59 Å². The summed E-state index contributed by atoms with van der Waals surface area (Å²) < 4.78 is 7.21. The molecule has 0 bridgehead atoms. The first-order chi connectivity index (χ1) is 10.1. The zero-order valence-corrected chi connectivity index (χ0v) is 11.4. The highest BCUT2D eigenvalue weighted by Gasteiger charge is 2.03. The number of aromatic nitrogens is 2. The van der Waals surface area contributed by atoms with E-state index in [1.165, 1.54) is 0 Å². The van der Waals surface area contributed by atoms with Gasteiger partial charge in [-0.2, -0.15) is 0 Å². The van der Waals surface area contributed by atoms with Crippen LogP contribution in [0, 0.1) is 0 Å². The Morgan fingerprint density at radius 2 is 2.05 bits per heavy atom. The third kappa shape index (κ3) is 4.64. The number of nitrogens with one attached hydrogen (secondary N) is 1. The summed E-state index contributed by atoms with van der Waals surface area (Å²) in [6.45, 7) is 0.111. The first-order valence-electron chi connectivity index (χ1n) is 6.41. The fraction of sp³-hybridized carbons (Fsp3) is 0.214. The number of rotatable bonds is 7. The van der Waals surface area contributed by atoms with Crippen molar-refractivity contribution in [3.63, 3.8) is 0 Å². The minimum Gasteiger partial charge on any atom is -0.484 e. The smallest absolute Gasteiger partial charge is 0.257 e. The van der Waals surface area contributed by atoms with Crippen LogP contribution in [0.4, 0.5) is 0 Å². The van der Waals surface area contributed by atoms with Gasteiger partial charge in [0.2, 0.25) is 5.91 Å². The Hall–Kier alpha value is -2.83. The van der Waals surface area contributed by atoms with E-state index in [2.05, 4.69) is 10.3 Å². The van der Waals surface area contributed by atoms with E-state index in [1.54, 1.807) is 24.7 Å². The van der Waals surface area contributed by atoms with Crippen molar-refractivity contribution in [1.82, 2.24) is 14.9 Å². The quantitative estimate of drug-likeness (QED) is 0.762. The van der Waals surface area contributed by atoms with Crippen molar-refractivity contribution in [2.45, 2.75) is 6.42 Å². The summed E-state index contributed by atoms with van der Waals surface area (Å²) in [5.74, 6) is -0.162. The molecule has 21 heavy (non-hydrogen) atoms. The van der Waals surface area contributed by atoms with Gasteiger partial charge >= 0.3 is 0 Å². The normalized spacial score (nSPS) is 10.1. The average molecular weight is 288 g/mol. The summed E-state index contributed by atoms with van der Waals surface area (Å²) in [7, 11) is 0. The Kier molecular flexibility index (Phi) is 4.92. The molecule has 0 aliphatic rings. The monoisotopic (exact) mass is 288 g/mol. The van der Waals surface area contributed by atoms with Crippen molar-refractivity contribution >= 4 is 11.8 Å². The average Bonchev–Trinajstić information content (AvgIpc) is 2.99. The van der Waals surface area contributed by atoms with Crippen molar-refractivity contribution in [2.75, 3.05) is 13.2 Å². The number of imidazole rings is 1. The highest BCUT2D eigenvalue weighted by atomic mass is 16.5. The number of benzene rings is 1. The predicted octanol–water partition coefficient (Wildman–Crippen LogP) is 0.243. The third-order valence-electron chi connectivity index (χ3n) is 2.70. The third-order valence-corrected chi connectivity index (χ3v) is 2.70. The highest BCUT2D eigenvalue weighted by Crippen LogP contribution is 2.14. The second-order valence-corrected chi connectivity index (χ2v) is 4.32. The topological polar surface area (TPSA) is 99.2 Å². The number of amides is 2. The molecule has 0 aliphatic carbocycles. The van der Waals surface area contributed by atoms with Gasteiger partial charge in [-0.05, 0) is 24.3 Å². The van der Waals surface area contributed by atoms with Crippen molar-refractivity contribution in [1.29, 1.82) is 0 Å². The molecular formula is C14H16N4O3. The SMILES string of the molecule is NC(=O)CCNC(=O)COc1ccc(-n2ccnc2)cc1. The number of primary amides is 1. The maximum atomic E-state index is 11.5. The number of hydrogen-bond donors (Lipinski definition) is 2. The largest absolute Gasteiger partial charge is 0.484 e. The number of nitrogens with zero attached hydrogens (tertiary/aromatic N) is 2. The number of carbonyl (C=O) groups is 2. The Labute approximate surface area is 121 Å². The number of hydrogen-bond acceptors (Lipinski definition) is 4. The summed E-state index contributed by atoms with van der Waals surface area (Å²) in [4.78, 5) is 25.9. The number of nitrogens with two attached hydrogens (primary N) is 1. The summed E-state index contributed by atoms with van der Waals surface area (Å²) in [5.41, 5.74) is 5.92. The summed E-state index contributed by atoms with van der Waals surface area (Å²) in [5, 5.41) is 2.54. The second-order valence-electron chi connectivity index (χ2n) is 4.32. The Morgan fingerprint density at radius 3 is 2.67 bits per heavy atom. The molecule has 0 saturated heterocycles. The molecule has 1 heterocycles. The van der Waals surface area contributed by atoms with Gasteiger partial charge in [-0.15, -0.1) is 0 Å². The van der Waals surface area contributed by atoms with Gasteiger partial charge in [-0.25, -0.2) is 4.98 Å². The molecule has 0 atom stereocenters. The summed E-state index contributed by atoms with van der Waals surface area (Å²) in [6, 6.07) is 7.27. The summed E-state index contributed by atoms with van der Waals surface area (Å²) in [6.07, 6.45) is 5.34. The number of ether oxygens (including phenoxy) is 1. The van der Waals surface area contributed by atoms with Gasteiger partial charge in [0.05, 0.1) is 6.33 Å². The molecule has 0 spiro atoms. The minimum absolute atomic E-state index is 0.108. The van der Waals surface area contributed by atoms with Crippen LogP contribution in [0.25, 0.3) is 5.69 Å². The Bertz CT molecular complexity index is 593. The van der Waals surface area contributed by atoms with E-state index >= 15 is 0 Å². The van der Waals surface area contributed by atoms with Gasteiger partial charge in [0, 0.05) is 31.0 Å². The van der Waals surface area contributed by atoms with Crippen LogP contribution in [0.15, 0.2) is 43.0 Å². The molecule has 0 saturated carbocycles. The lowest BCUT2D eigenvalue weighted by molar-refractivity contribution is -0.123. The molecule has 0 unspecified atom stereocenters. The molecule has 2 amide bonds. The van der Waals surface area contributed by atoms with E-state index in [0.29, 0.717) is 5.75 Å². The van der Waals surface area contributed by atoms with Crippen LogP contribution in [-0.2, 0) is 9.59 Å². The molecular weight excluding hydrogens is 272 g/mol. The molecule has 2 aromatic rings. The molecule has 7 nitrogen and oxygen atoms in total. The van der Waals surface area contributed by atoms with Crippen molar-refractivity contribution in [3.8, 4) is 11.4 Å². The first kappa shape index (κ1) is 14.6. The second kappa shape index (κ2) is 7.09. The lowest BCUT2D eigenvalue weighted by atomic mass is 10.3. The predicted molar refractivity (Wildman–Crippen MR) is 75.9 cm³/mol. The van der Waals surface area contributed by atoms with Gasteiger partial charge in [-0.3, -0.25) is 9.59 Å². The van der Waals surface area contributed by atoms with Crippen LogP contribution in [-0.4, -0.2) is 34.5 Å². The Morgan fingerprint density at radius 1 is 1.29 bits per heavy atom. The fourth-order valence-corrected chi connectivity index (χ4v) is 1.65. The molecule has 0 radical (unpaired) electrons. The standard InChI is InChI=1S/C14H16N4O3/c15-13(19)5-6-17-14(20)9-21-12-3-1-11(2-4-12)18-8-7-16-10-18/h1-4,7-8,10H,5-6,9H2,(H2,15,19)(H,17,20). The number of carbonyl (C=O) groups excluding carboxylic acids is 2. The van der Waals surface area contributed by atoms with Gasteiger partial charge in [0.25, 0.3) is 5.91 Å².